The van der Waals surface area contributed by atoms with Crippen molar-refractivity contribution in [3.63, 3.8) is 0 Å². The molecule has 0 bridgehead atoms. The Morgan fingerprint density at radius 3 is 3.08 bits per heavy atom. The van der Waals surface area contributed by atoms with Crippen LogP contribution in [0.15, 0.2) is 24.4 Å². The lowest BCUT2D eigenvalue weighted by Crippen LogP contribution is -1.88. The molecule has 0 amide bonds. The molecule has 3 nitrogen and oxygen atoms in total. The van der Waals surface area contributed by atoms with Crippen molar-refractivity contribution in [1.29, 1.82) is 0 Å². The number of hydrogen-bond donors (Lipinski definition) is 1. The molecule has 0 aliphatic carbocycles. The normalized spacial score (nSPS) is 10.8. The van der Waals surface area contributed by atoms with E-state index in [0.29, 0.717) is 5.69 Å². The highest BCUT2D eigenvalue weighted by atomic mass is 16.3. The molecule has 0 fully saturated rings. The van der Waals surface area contributed by atoms with Gasteiger partial charge >= 0.3 is 0 Å². The van der Waals surface area contributed by atoms with Gasteiger partial charge in [0.2, 0.25) is 0 Å². The van der Waals surface area contributed by atoms with Crippen molar-refractivity contribution in [1.82, 2.24) is 9.61 Å². The van der Waals surface area contributed by atoms with Gasteiger partial charge in [0.15, 0.2) is 0 Å². The molecule has 2 heterocycles. The molecule has 62 valence electrons. The van der Waals surface area contributed by atoms with E-state index in [4.69, 9.17) is 5.11 Å². The Labute approximate surface area is 70.3 Å². The second-order valence-electron chi connectivity index (χ2n) is 2.81. The van der Waals surface area contributed by atoms with Gasteiger partial charge < -0.3 is 5.11 Å². The van der Waals surface area contributed by atoms with Crippen LogP contribution in [0.1, 0.15) is 11.3 Å². The molecule has 0 spiro atoms. The van der Waals surface area contributed by atoms with Crippen LogP contribution in [0.5, 0.6) is 0 Å². The highest BCUT2D eigenvalue weighted by Gasteiger charge is 2.00. The van der Waals surface area contributed by atoms with E-state index in [0.717, 1.165) is 5.52 Å². The highest BCUT2D eigenvalue weighted by molar-refractivity contribution is 5.54. The van der Waals surface area contributed by atoms with Gasteiger partial charge in [-0.2, -0.15) is 5.10 Å². The van der Waals surface area contributed by atoms with Gasteiger partial charge in [0.05, 0.1) is 17.8 Å². The molecule has 0 aliphatic heterocycles. The third-order valence-electron chi connectivity index (χ3n) is 1.93. The maximum Gasteiger partial charge on any atom is 0.0889 e. The second kappa shape index (κ2) is 2.60. The maximum absolute atomic E-state index is 8.85. The predicted octanol–water partition coefficient (Wildman–Crippen LogP) is 1.14. The first-order valence-corrected chi connectivity index (χ1v) is 3.86. The summed E-state index contributed by atoms with van der Waals surface area (Å²) in [5.74, 6) is 0. The molecule has 2 rings (SSSR count). The van der Waals surface area contributed by atoms with Crippen molar-refractivity contribution < 1.29 is 5.11 Å². The molecular formula is C9H10N2O. The average Bonchev–Trinajstić information content (AvgIpc) is 2.49. The second-order valence-corrected chi connectivity index (χ2v) is 2.81. The average molecular weight is 162 g/mol. The first-order valence-electron chi connectivity index (χ1n) is 3.86. The van der Waals surface area contributed by atoms with E-state index >= 15 is 0 Å². The van der Waals surface area contributed by atoms with Crippen molar-refractivity contribution in [2.75, 3.05) is 0 Å². The Morgan fingerprint density at radius 2 is 2.42 bits per heavy atom. The van der Waals surface area contributed by atoms with Gasteiger partial charge in [0.25, 0.3) is 0 Å². The lowest BCUT2D eigenvalue weighted by molar-refractivity contribution is 0.276. The van der Waals surface area contributed by atoms with Gasteiger partial charge in [-0.05, 0) is 24.6 Å². The van der Waals surface area contributed by atoms with E-state index in [1.54, 1.807) is 4.52 Å². The number of aryl methyl sites for hydroxylation is 1. The molecule has 1 N–H and O–H groups in total. The van der Waals surface area contributed by atoms with Gasteiger partial charge in [-0.15, -0.1) is 0 Å². The summed E-state index contributed by atoms with van der Waals surface area (Å²) in [6.45, 7) is 2.03. The van der Waals surface area contributed by atoms with Gasteiger partial charge in [-0.1, -0.05) is 6.07 Å². The minimum Gasteiger partial charge on any atom is -0.390 e. The van der Waals surface area contributed by atoms with Crippen LogP contribution >= 0.6 is 0 Å². The van der Waals surface area contributed by atoms with Crippen LogP contribution in [0.4, 0.5) is 0 Å². The van der Waals surface area contributed by atoms with E-state index < -0.39 is 0 Å². The van der Waals surface area contributed by atoms with Crippen LogP contribution in [0.25, 0.3) is 5.52 Å². The van der Waals surface area contributed by atoms with Crippen LogP contribution in [-0.4, -0.2) is 14.7 Å². The van der Waals surface area contributed by atoms with E-state index in [1.807, 2.05) is 31.3 Å². The molecule has 2 aromatic heterocycles. The summed E-state index contributed by atoms with van der Waals surface area (Å²) in [4.78, 5) is 0. The SMILES string of the molecule is Cc1cccn2nc(CO)cc12. The van der Waals surface area contributed by atoms with Crippen molar-refractivity contribution in [3.8, 4) is 0 Å². The molecule has 0 atom stereocenters. The van der Waals surface area contributed by atoms with E-state index in [2.05, 4.69) is 5.10 Å². The molecule has 0 saturated carbocycles. The fraction of sp³-hybridized carbons (Fsp3) is 0.222. The summed E-state index contributed by atoms with van der Waals surface area (Å²) in [5, 5.41) is 13.0. The molecule has 0 aromatic carbocycles. The summed E-state index contributed by atoms with van der Waals surface area (Å²) >= 11 is 0. The van der Waals surface area contributed by atoms with E-state index in [-0.39, 0.29) is 6.61 Å². The monoisotopic (exact) mass is 162 g/mol. The molecule has 0 unspecified atom stereocenters. The van der Waals surface area contributed by atoms with Crippen LogP contribution in [0, 0.1) is 6.92 Å². The fourth-order valence-electron chi connectivity index (χ4n) is 1.28. The minimum atomic E-state index is 0.00111. The topological polar surface area (TPSA) is 37.5 Å². The largest absolute Gasteiger partial charge is 0.390 e. The number of fused-ring (bicyclic) bond motifs is 1. The van der Waals surface area contributed by atoms with Crippen LogP contribution in [0.2, 0.25) is 0 Å². The molecule has 12 heavy (non-hydrogen) atoms. The number of aliphatic hydroxyl groups is 1. The Morgan fingerprint density at radius 1 is 1.58 bits per heavy atom. The van der Waals surface area contributed by atoms with Gasteiger partial charge in [-0.25, -0.2) is 4.52 Å². The molecule has 0 saturated heterocycles. The van der Waals surface area contributed by atoms with Gasteiger partial charge in [0.1, 0.15) is 0 Å². The van der Waals surface area contributed by atoms with Gasteiger partial charge in [-0.3, -0.25) is 0 Å². The quantitative estimate of drug-likeness (QED) is 0.682. The number of hydrogen-bond acceptors (Lipinski definition) is 2. The Kier molecular flexibility index (Phi) is 1.59. The minimum absolute atomic E-state index is 0.00111. The summed E-state index contributed by atoms with van der Waals surface area (Å²) < 4.78 is 1.78. The summed E-state index contributed by atoms with van der Waals surface area (Å²) in [7, 11) is 0. The van der Waals surface area contributed by atoms with Crippen molar-refractivity contribution in [2.45, 2.75) is 13.5 Å². The standard InChI is InChI=1S/C9H10N2O/c1-7-3-2-4-11-9(7)5-8(6-12)10-11/h2-5,12H,6H2,1H3. The Balaban J connectivity index is 2.74. The summed E-state index contributed by atoms with van der Waals surface area (Å²) in [6, 6.07) is 5.87. The summed E-state index contributed by atoms with van der Waals surface area (Å²) in [5.41, 5.74) is 2.94. The number of pyridine rings is 1. The third-order valence-corrected chi connectivity index (χ3v) is 1.93. The predicted molar refractivity (Wildman–Crippen MR) is 45.9 cm³/mol. The van der Waals surface area contributed by atoms with Crippen molar-refractivity contribution in [3.05, 3.63) is 35.7 Å². The number of rotatable bonds is 1. The molecule has 2 aromatic rings. The van der Waals surface area contributed by atoms with Crippen molar-refractivity contribution in [2.24, 2.45) is 0 Å². The highest BCUT2D eigenvalue weighted by Crippen LogP contribution is 2.10. The molecule has 0 aliphatic rings. The molecule has 0 radical (unpaired) electrons. The van der Waals surface area contributed by atoms with Crippen molar-refractivity contribution >= 4 is 5.52 Å². The third kappa shape index (κ3) is 0.987. The first kappa shape index (κ1) is 7.31. The lowest BCUT2D eigenvalue weighted by Gasteiger charge is -1.94. The van der Waals surface area contributed by atoms with E-state index in [1.165, 1.54) is 5.56 Å². The van der Waals surface area contributed by atoms with Gasteiger partial charge in [0, 0.05) is 6.20 Å². The molecular weight excluding hydrogens is 152 g/mol. The fourth-order valence-corrected chi connectivity index (χ4v) is 1.28. The Hall–Kier alpha value is -1.35. The number of aliphatic hydroxyl groups excluding tert-OH is 1. The lowest BCUT2D eigenvalue weighted by atomic mass is 10.2. The zero-order valence-corrected chi connectivity index (χ0v) is 6.86. The smallest absolute Gasteiger partial charge is 0.0889 e. The van der Waals surface area contributed by atoms with Crippen LogP contribution in [-0.2, 0) is 6.61 Å². The molecule has 3 heteroatoms. The Bertz CT molecular complexity index is 406. The maximum atomic E-state index is 8.85. The van der Waals surface area contributed by atoms with Crippen LogP contribution < -0.4 is 0 Å². The van der Waals surface area contributed by atoms with Crippen LogP contribution in [0.3, 0.4) is 0 Å². The number of nitrogens with zero attached hydrogens (tertiary/aromatic N) is 2. The number of aromatic nitrogens is 2. The summed E-state index contributed by atoms with van der Waals surface area (Å²) in [6.07, 6.45) is 1.88. The zero-order chi connectivity index (χ0) is 8.55. The first-order chi connectivity index (χ1) is 5.81. The van der Waals surface area contributed by atoms with E-state index in [9.17, 15) is 0 Å². The zero-order valence-electron chi connectivity index (χ0n) is 6.86.